The number of β-lactam (4-membered cyclic amide) rings is 1. The van der Waals surface area contributed by atoms with Crippen molar-refractivity contribution in [3.8, 4) is 0 Å². The number of rotatable bonds is 6. The summed E-state index contributed by atoms with van der Waals surface area (Å²) in [5.74, 6) is -2.63. The number of amides is 2. The van der Waals surface area contributed by atoms with Gasteiger partial charge in [0, 0.05) is 18.2 Å². The Labute approximate surface area is 188 Å². The average molecular weight is 412 g/mol. The molecule has 28 heavy (non-hydrogen) atoms. The van der Waals surface area contributed by atoms with E-state index in [0.717, 1.165) is 10.5 Å². The van der Waals surface area contributed by atoms with Crippen molar-refractivity contribution in [3.63, 3.8) is 0 Å². The number of benzene rings is 1. The van der Waals surface area contributed by atoms with E-state index < -0.39 is 29.3 Å². The van der Waals surface area contributed by atoms with Gasteiger partial charge >= 0.3 is 35.5 Å². The van der Waals surface area contributed by atoms with Crippen LogP contribution in [0, 0.1) is 0 Å². The number of esters is 1. The average Bonchev–Trinajstić information content (AvgIpc) is 2.64. The van der Waals surface area contributed by atoms with E-state index in [2.05, 4.69) is 5.32 Å². The van der Waals surface area contributed by atoms with Gasteiger partial charge in [0.05, 0.1) is 18.1 Å². The molecule has 3 rings (SSSR count). The van der Waals surface area contributed by atoms with E-state index in [9.17, 15) is 24.3 Å². The summed E-state index contributed by atoms with van der Waals surface area (Å²) in [6, 6.07) is 8.30. The van der Waals surface area contributed by atoms with Crippen molar-refractivity contribution >= 4 is 35.5 Å². The summed E-state index contributed by atoms with van der Waals surface area (Å²) in [4.78, 5) is 48.2. The molecule has 0 radical (unpaired) electrons. The summed E-state index contributed by atoms with van der Waals surface area (Å²) in [5, 5.41) is 13.7. The van der Waals surface area contributed by atoms with E-state index in [4.69, 9.17) is 4.74 Å². The second-order valence-electron chi connectivity index (χ2n) is 6.14. The van der Waals surface area contributed by atoms with Crippen molar-refractivity contribution in [2.24, 2.45) is 0 Å². The van der Waals surface area contributed by atoms with Crippen LogP contribution < -0.4 is 40.0 Å². The molecule has 0 aromatic heterocycles. The number of hydrogen-bond donors (Lipinski definition) is 1. The number of hydrogen-bond acceptors (Lipinski definition) is 7. The van der Waals surface area contributed by atoms with Gasteiger partial charge in [-0.3, -0.25) is 19.3 Å². The number of nitrogens with one attached hydrogen (secondary N) is 1. The third-order valence-corrected chi connectivity index (χ3v) is 5.55. The molecule has 2 atom stereocenters. The van der Waals surface area contributed by atoms with Crippen molar-refractivity contribution in [1.82, 2.24) is 10.2 Å². The van der Waals surface area contributed by atoms with Gasteiger partial charge in [0.25, 0.3) is 5.91 Å². The van der Waals surface area contributed by atoms with Gasteiger partial charge < -0.3 is 20.0 Å². The standard InChI is InChI=1S/C18H18N2O6S.Na/c1-10(21)26-8-12-9-27-17-14(16(23)20(17)15(12)18(24)25)19-13(22)7-11-5-3-2-4-6-11;/h2-6,14,17H,7-9H2,1H3,(H,19,22)(H,24,25);/q;+1/p-1/t14-,17+;/m0./s1. The van der Waals surface area contributed by atoms with E-state index in [-0.39, 0.29) is 59.9 Å². The first-order valence-electron chi connectivity index (χ1n) is 8.23. The number of carboxylic acids is 1. The number of nitrogens with zero attached hydrogens (tertiary/aromatic N) is 1. The van der Waals surface area contributed by atoms with Crippen LogP contribution in [0.1, 0.15) is 12.5 Å². The topological polar surface area (TPSA) is 116 Å². The summed E-state index contributed by atoms with van der Waals surface area (Å²) in [6.07, 6.45) is 0.128. The largest absolute Gasteiger partial charge is 1.00 e. The predicted molar refractivity (Wildman–Crippen MR) is 93.8 cm³/mol. The summed E-state index contributed by atoms with van der Waals surface area (Å²) in [6.45, 7) is 0.998. The maximum Gasteiger partial charge on any atom is 1.00 e. The maximum absolute atomic E-state index is 12.4. The van der Waals surface area contributed by atoms with E-state index in [1.807, 2.05) is 30.3 Å². The van der Waals surface area contributed by atoms with Gasteiger partial charge in [-0.15, -0.1) is 11.8 Å². The van der Waals surface area contributed by atoms with Gasteiger partial charge in [-0.25, -0.2) is 0 Å². The first kappa shape index (κ1) is 22.5. The minimum atomic E-state index is -1.51. The van der Waals surface area contributed by atoms with E-state index in [1.165, 1.54) is 18.7 Å². The Morgan fingerprint density at radius 2 is 1.96 bits per heavy atom. The van der Waals surface area contributed by atoms with E-state index >= 15 is 0 Å². The number of aliphatic carboxylic acids is 1. The van der Waals surface area contributed by atoms with Crippen LogP contribution in [-0.2, 0) is 30.3 Å². The monoisotopic (exact) mass is 412 g/mol. The minimum Gasteiger partial charge on any atom is -0.543 e. The van der Waals surface area contributed by atoms with Crippen molar-refractivity contribution in [1.29, 1.82) is 0 Å². The zero-order chi connectivity index (χ0) is 19.6. The van der Waals surface area contributed by atoms with Crippen LogP contribution in [0.4, 0.5) is 0 Å². The molecule has 1 fully saturated rings. The second kappa shape index (κ2) is 9.60. The van der Waals surface area contributed by atoms with Crippen LogP contribution in [0.3, 0.4) is 0 Å². The molecule has 2 aliphatic rings. The molecule has 8 nitrogen and oxygen atoms in total. The molecule has 1 N–H and O–H groups in total. The fourth-order valence-electron chi connectivity index (χ4n) is 2.98. The van der Waals surface area contributed by atoms with Gasteiger partial charge in [-0.05, 0) is 5.56 Å². The number of thioether (sulfide) groups is 1. The van der Waals surface area contributed by atoms with Crippen molar-refractivity contribution in [2.75, 3.05) is 12.4 Å². The molecule has 0 aliphatic carbocycles. The summed E-state index contributed by atoms with van der Waals surface area (Å²) in [5.41, 5.74) is 0.835. The Kier molecular flexibility index (Phi) is 7.70. The van der Waals surface area contributed by atoms with Crippen LogP contribution in [-0.4, -0.2) is 52.4 Å². The molecule has 0 unspecified atom stereocenters. The van der Waals surface area contributed by atoms with Crippen LogP contribution in [0.2, 0.25) is 0 Å². The summed E-state index contributed by atoms with van der Waals surface area (Å²) >= 11 is 1.30. The zero-order valence-corrected chi connectivity index (χ0v) is 18.3. The number of carbonyl (C=O) groups is 4. The van der Waals surface area contributed by atoms with E-state index in [1.54, 1.807) is 0 Å². The molecule has 0 bridgehead atoms. The van der Waals surface area contributed by atoms with Crippen molar-refractivity contribution in [2.45, 2.75) is 24.8 Å². The third-order valence-electron chi connectivity index (χ3n) is 4.21. The van der Waals surface area contributed by atoms with Crippen molar-refractivity contribution < 1.29 is 58.6 Å². The van der Waals surface area contributed by atoms with Gasteiger partial charge in [0.1, 0.15) is 18.0 Å². The van der Waals surface area contributed by atoms with Gasteiger partial charge in [-0.2, -0.15) is 0 Å². The van der Waals surface area contributed by atoms with Crippen LogP contribution in [0.5, 0.6) is 0 Å². The zero-order valence-electron chi connectivity index (χ0n) is 15.5. The van der Waals surface area contributed by atoms with Gasteiger partial charge in [-0.1, -0.05) is 30.3 Å². The van der Waals surface area contributed by atoms with Gasteiger partial charge in [0.2, 0.25) is 5.91 Å². The fraction of sp³-hybridized carbons (Fsp3) is 0.333. The van der Waals surface area contributed by atoms with Crippen LogP contribution in [0.15, 0.2) is 41.6 Å². The first-order chi connectivity index (χ1) is 12.9. The Hall–Kier alpha value is -1.81. The molecule has 1 saturated heterocycles. The quantitative estimate of drug-likeness (QED) is 0.289. The molecule has 2 amide bonds. The number of ether oxygens (including phenoxy) is 1. The van der Waals surface area contributed by atoms with E-state index in [0.29, 0.717) is 5.57 Å². The minimum absolute atomic E-state index is 0. The third kappa shape index (κ3) is 4.78. The molecule has 2 heterocycles. The SMILES string of the molecule is CC(=O)OCC1=C(C(=O)[O-])N2C(=O)[C@H](NC(=O)Cc3ccccc3)[C@H]2SC1.[Na+]. The Morgan fingerprint density at radius 1 is 1.29 bits per heavy atom. The molecule has 0 spiro atoms. The van der Waals surface area contributed by atoms with Crippen LogP contribution >= 0.6 is 11.8 Å². The predicted octanol–water partition coefficient (Wildman–Crippen LogP) is -3.80. The molecule has 1 aromatic rings. The summed E-state index contributed by atoms with van der Waals surface area (Å²) in [7, 11) is 0. The fourth-order valence-corrected chi connectivity index (χ4v) is 4.30. The van der Waals surface area contributed by atoms with Crippen LogP contribution in [0.25, 0.3) is 0 Å². The Bertz CT molecular complexity index is 829. The summed E-state index contributed by atoms with van der Waals surface area (Å²) < 4.78 is 4.85. The normalized spacial score (nSPS) is 20.5. The van der Waals surface area contributed by atoms with Crippen molar-refractivity contribution in [3.05, 3.63) is 47.2 Å². The molecule has 0 saturated carbocycles. The maximum atomic E-state index is 12.4. The molecular weight excluding hydrogens is 395 g/mol. The van der Waals surface area contributed by atoms with Gasteiger partial charge in [0.15, 0.2) is 0 Å². The number of fused-ring (bicyclic) bond motifs is 1. The first-order valence-corrected chi connectivity index (χ1v) is 9.28. The Morgan fingerprint density at radius 3 is 2.57 bits per heavy atom. The second-order valence-corrected chi connectivity index (χ2v) is 7.24. The number of carbonyl (C=O) groups excluding carboxylic acids is 4. The molecule has 1 aromatic carbocycles. The molecule has 142 valence electrons. The molecule has 2 aliphatic heterocycles. The number of carboxylic acid groups (broad SMARTS) is 1. The Balaban J connectivity index is 0.00000280. The smallest absolute Gasteiger partial charge is 0.543 e. The molecular formula is C18H17N2NaO6S. The molecule has 10 heteroatoms.